The number of benzene rings is 2. The van der Waals surface area contributed by atoms with Crippen LogP contribution in [-0.2, 0) is 0 Å². The summed E-state index contributed by atoms with van der Waals surface area (Å²) in [5.41, 5.74) is 3.03. The van der Waals surface area contributed by atoms with Gasteiger partial charge < -0.3 is 15.2 Å². The van der Waals surface area contributed by atoms with E-state index < -0.39 is 11.7 Å². The standard InChI is InChI=1S/C25H19FN4O2S/c1-30(2)25(32)19-11-16(6-7-20(19)26)29-24(31)22-12-18-17(4-3-5-21(18)33-22)15-10-14-8-9-27-23(14)28-13-15/h3-13H,1-2H3,(H,27,28)(H,29,31). The van der Waals surface area contributed by atoms with Gasteiger partial charge in [0.25, 0.3) is 11.8 Å². The number of thiophene rings is 1. The maximum atomic E-state index is 14.1. The van der Waals surface area contributed by atoms with Gasteiger partial charge in [-0.15, -0.1) is 11.3 Å². The van der Waals surface area contributed by atoms with Gasteiger partial charge in [0.1, 0.15) is 11.5 Å². The molecule has 0 atom stereocenters. The largest absolute Gasteiger partial charge is 0.346 e. The molecule has 0 aliphatic heterocycles. The molecule has 2 N–H and O–H groups in total. The quantitative estimate of drug-likeness (QED) is 0.371. The van der Waals surface area contributed by atoms with Crippen LogP contribution < -0.4 is 5.32 Å². The molecule has 0 bridgehead atoms. The Balaban J connectivity index is 1.47. The highest BCUT2D eigenvalue weighted by Gasteiger charge is 2.17. The number of hydrogen-bond acceptors (Lipinski definition) is 4. The van der Waals surface area contributed by atoms with Crippen molar-refractivity contribution in [3.05, 3.63) is 83.2 Å². The van der Waals surface area contributed by atoms with Gasteiger partial charge in [-0.1, -0.05) is 12.1 Å². The third-order valence-electron chi connectivity index (χ3n) is 5.36. The van der Waals surface area contributed by atoms with Crippen molar-refractivity contribution in [3.8, 4) is 11.1 Å². The van der Waals surface area contributed by atoms with Crippen molar-refractivity contribution in [2.45, 2.75) is 0 Å². The topological polar surface area (TPSA) is 78.1 Å². The first-order valence-corrected chi connectivity index (χ1v) is 11.0. The first-order chi connectivity index (χ1) is 15.9. The zero-order valence-corrected chi connectivity index (χ0v) is 18.7. The smallest absolute Gasteiger partial charge is 0.265 e. The molecule has 2 aromatic carbocycles. The Bertz CT molecular complexity index is 1540. The molecule has 5 aromatic rings. The molecule has 0 radical (unpaired) electrons. The number of anilines is 1. The third kappa shape index (κ3) is 3.85. The molecule has 0 aliphatic rings. The lowest BCUT2D eigenvalue weighted by atomic mass is 10.0. The van der Waals surface area contributed by atoms with Gasteiger partial charge in [-0.25, -0.2) is 9.37 Å². The SMILES string of the molecule is CN(C)C(=O)c1cc(NC(=O)c2cc3c(-c4cnc5[nH]ccc5c4)cccc3s2)ccc1F. The predicted molar refractivity (Wildman–Crippen MR) is 129 cm³/mol. The third-order valence-corrected chi connectivity index (χ3v) is 6.46. The van der Waals surface area contributed by atoms with Crippen molar-refractivity contribution in [2.75, 3.05) is 19.4 Å². The van der Waals surface area contributed by atoms with Crippen LogP contribution in [0.1, 0.15) is 20.0 Å². The van der Waals surface area contributed by atoms with Gasteiger partial charge in [0.2, 0.25) is 0 Å². The van der Waals surface area contributed by atoms with E-state index in [0.29, 0.717) is 10.6 Å². The Labute approximate surface area is 192 Å². The first kappa shape index (κ1) is 20.8. The number of carbonyl (C=O) groups excluding carboxylic acids is 2. The van der Waals surface area contributed by atoms with Crippen LogP contribution >= 0.6 is 11.3 Å². The second kappa shape index (κ2) is 8.14. The summed E-state index contributed by atoms with van der Waals surface area (Å²) in [6.45, 7) is 0. The first-order valence-electron chi connectivity index (χ1n) is 10.2. The molecule has 0 fully saturated rings. The summed E-state index contributed by atoms with van der Waals surface area (Å²) in [5, 5.41) is 4.74. The van der Waals surface area contributed by atoms with Gasteiger partial charge in [0.15, 0.2) is 0 Å². The summed E-state index contributed by atoms with van der Waals surface area (Å²) in [5.74, 6) is -1.43. The molecule has 3 heterocycles. The highest BCUT2D eigenvalue weighted by molar-refractivity contribution is 7.21. The molecule has 0 saturated heterocycles. The second-order valence-electron chi connectivity index (χ2n) is 7.82. The molecular formula is C25H19FN4O2S. The maximum Gasteiger partial charge on any atom is 0.265 e. The van der Waals surface area contributed by atoms with E-state index in [1.807, 2.05) is 42.7 Å². The molecule has 0 aliphatic carbocycles. The number of amides is 2. The lowest BCUT2D eigenvalue weighted by Gasteiger charge is -2.12. The van der Waals surface area contributed by atoms with Crippen molar-refractivity contribution in [2.24, 2.45) is 0 Å². The molecule has 8 heteroatoms. The summed E-state index contributed by atoms with van der Waals surface area (Å²) in [4.78, 5) is 34.5. The monoisotopic (exact) mass is 458 g/mol. The number of halogens is 1. The summed E-state index contributed by atoms with van der Waals surface area (Å²) < 4.78 is 15.1. The van der Waals surface area contributed by atoms with E-state index in [9.17, 15) is 14.0 Å². The van der Waals surface area contributed by atoms with Crippen LogP contribution in [0, 0.1) is 5.82 Å². The van der Waals surface area contributed by atoms with Crippen LogP contribution in [0.3, 0.4) is 0 Å². The number of hydrogen-bond donors (Lipinski definition) is 2. The fraction of sp³-hybridized carbons (Fsp3) is 0.0800. The van der Waals surface area contributed by atoms with Crippen molar-refractivity contribution in [3.63, 3.8) is 0 Å². The van der Waals surface area contributed by atoms with E-state index in [-0.39, 0.29) is 11.5 Å². The Hall–Kier alpha value is -4.04. The highest BCUT2D eigenvalue weighted by Crippen LogP contribution is 2.35. The average Bonchev–Trinajstić information content (AvgIpc) is 3.46. The Morgan fingerprint density at radius 3 is 2.76 bits per heavy atom. The number of carbonyl (C=O) groups is 2. The average molecular weight is 459 g/mol. The number of pyridine rings is 1. The van der Waals surface area contributed by atoms with Crippen molar-refractivity contribution < 1.29 is 14.0 Å². The number of nitrogens with zero attached hydrogens (tertiary/aromatic N) is 2. The minimum absolute atomic E-state index is 0.0934. The Morgan fingerprint density at radius 2 is 1.94 bits per heavy atom. The molecule has 5 rings (SSSR count). The molecule has 33 heavy (non-hydrogen) atoms. The Morgan fingerprint density at radius 1 is 1.09 bits per heavy atom. The van der Waals surface area contributed by atoms with E-state index >= 15 is 0 Å². The van der Waals surface area contributed by atoms with Crippen molar-refractivity contribution >= 4 is 50.0 Å². The van der Waals surface area contributed by atoms with Crippen LogP contribution in [0.15, 0.2) is 67.0 Å². The number of aromatic nitrogens is 2. The van der Waals surface area contributed by atoms with Gasteiger partial charge in [-0.3, -0.25) is 9.59 Å². The van der Waals surface area contributed by atoms with Gasteiger partial charge in [-0.05, 0) is 48.0 Å². The zero-order chi connectivity index (χ0) is 23.1. The molecule has 0 unspecified atom stereocenters. The maximum absolute atomic E-state index is 14.1. The van der Waals surface area contributed by atoms with E-state index in [1.54, 1.807) is 14.1 Å². The number of aromatic amines is 1. The van der Waals surface area contributed by atoms with Crippen LogP contribution in [-0.4, -0.2) is 40.8 Å². The van der Waals surface area contributed by atoms with Gasteiger partial charge in [0, 0.05) is 53.2 Å². The van der Waals surface area contributed by atoms with Crippen LogP contribution in [0.4, 0.5) is 10.1 Å². The molecule has 2 amide bonds. The summed E-state index contributed by atoms with van der Waals surface area (Å²) in [7, 11) is 3.09. The van der Waals surface area contributed by atoms with E-state index in [0.717, 1.165) is 32.2 Å². The molecule has 6 nitrogen and oxygen atoms in total. The number of rotatable bonds is 4. The van der Waals surface area contributed by atoms with Crippen LogP contribution in [0.5, 0.6) is 0 Å². The van der Waals surface area contributed by atoms with Gasteiger partial charge >= 0.3 is 0 Å². The minimum Gasteiger partial charge on any atom is -0.346 e. The summed E-state index contributed by atoms with van der Waals surface area (Å²) in [6, 6.07) is 15.8. The van der Waals surface area contributed by atoms with Gasteiger partial charge in [-0.2, -0.15) is 0 Å². The van der Waals surface area contributed by atoms with E-state index in [1.165, 1.54) is 34.4 Å². The lowest BCUT2D eigenvalue weighted by Crippen LogP contribution is -2.23. The van der Waals surface area contributed by atoms with Crippen LogP contribution in [0.25, 0.3) is 32.2 Å². The Kier molecular flexibility index (Phi) is 5.14. The highest BCUT2D eigenvalue weighted by atomic mass is 32.1. The second-order valence-corrected chi connectivity index (χ2v) is 8.90. The van der Waals surface area contributed by atoms with Gasteiger partial charge in [0.05, 0.1) is 10.4 Å². The number of fused-ring (bicyclic) bond motifs is 2. The lowest BCUT2D eigenvalue weighted by molar-refractivity contribution is 0.0822. The number of nitrogens with one attached hydrogen (secondary N) is 2. The van der Waals surface area contributed by atoms with Crippen LogP contribution in [0.2, 0.25) is 0 Å². The fourth-order valence-corrected chi connectivity index (χ4v) is 4.70. The van der Waals surface area contributed by atoms with Crippen molar-refractivity contribution in [1.29, 1.82) is 0 Å². The molecular weight excluding hydrogens is 439 g/mol. The number of H-pyrrole nitrogens is 1. The molecule has 3 aromatic heterocycles. The summed E-state index contributed by atoms with van der Waals surface area (Å²) in [6.07, 6.45) is 3.66. The fourth-order valence-electron chi connectivity index (χ4n) is 3.71. The summed E-state index contributed by atoms with van der Waals surface area (Å²) >= 11 is 1.37. The normalized spacial score (nSPS) is 11.1. The van der Waals surface area contributed by atoms with Crippen molar-refractivity contribution in [1.82, 2.24) is 14.9 Å². The predicted octanol–water partition coefficient (Wildman–Crippen LogP) is 5.54. The molecule has 164 valence electrons. The van der Waals surface area contributed by atoms with E-state index in [4.69, 9.17) is 0 Å². The molecule has 0 spiro atoms. The van der Waals surface area contributed by atoms with E-state index in [2.05, 4.69) is 21.4 Å². The minimum atomic E-state index is -0.633. The zero-order valence-electron chi connectivity index (χ0n) is 17.8. The molecule has 0 saturated carbocycles.